The first-order chi connectivity index (χ1) is 10.2. The van der Waals surface area contributed by atoms with Crippen molar-refractivity contribution < 1.29 is 9.59 Å². The Morgan fingerprint density at radius 3 is 2.62 bits per heavy atom. The third-order valence-corrected chi connectivity index (χ3v) is 4.70. The lowest BCUT2D eigenvalue weighted by Gasteiger charge is -2.29. The summed E-state index contributed by atoms with van der Waals surface area (Å²) < 4.78 is 0. The van der Waals surface area contributed by atoms with Crippen LogP contribution in [0.25, 0.3) is 0 Å². The molecule has 0 atom stereocenters. The van der Waals surface area contributed by atoms with Crippen LogP contribution in [0.5, 0.6) is 0 Å². The van der Waals surface area contributed by atoms with Gasteiger partial charge in [0.25, 0.3) is 0 Å². The summed E-state index contributed by atoms with van der Waals surface area (Å²) in [6, 6.07) is 0.194. The van der Waals surface area contributed by atoms with Gasteiger partial charge in [0, 0.05) is 25.7 Å². The summed E-state index contributed by atoms with van der Waals surface area (Å²) in [5.74, 6) is 0.0563. The molecule has 1 aliphatic carbocycles. The summed E-state index contributed by atoms with van der Waals surface area (Å²) in [7, 11) is 0. The van der Waals surface area contributed by atoms with Crippen LogP contribution in [-0.2, 0) is 9.59 Å². The normalized spacial score (nSPS) is 27.0. The van der Waals surface area contributed by atoms with Crippen molar-refractivity contribution in [1.29, 1.82) is 0 Å². The van der Waals surface area contributed by atoms with E-state index in [2.05, 4.69) is 17.6 Å². The quantitative estimate of drug-likeness (QED) is 0.771. The predicted octanol–water partition coefficient (Wildman–Crippen LogP) is 1.28. The molecule has 1 saturated carbocycles. The molecular formula is C16H29N3O2. The van der Waals surface area contributed by atoms with Gasteiger partial charge in [0.1, 0.15) is 0 Å². The highest BCUT2D eigenvalue weighted by Crippen LogP contribution is 2.27. The fraction of sp³-hybridized carbons (Fsp3) is 0.875. The zero-order chi connectivity index (χ0) is 15.1. The van der Waals surface area contributed by atoms with Crippen LogP contribution in [0.15, 0.2) is 0 Å². The topological polar surface area (TPSA) is 61.4 Å². The molecule has 0 aromatic rings. The van der Waals surface area contributed by atoms with E-state index in [4.69, 9.17) is 0 Å². The third-order valence-electron chi connectivity index (χ3n) is 4.70. The summed E-state index contributed by atoms with van der Waals surface area (Å²) >= 11 is 0. The molecule has 0 aromatic heterocycles. The minimum atomic E-state index is -0.407. The van der Waals surface area contributed by atoms with Gasteiger partial charge in [0.2, 0.25) is 0 Å². The zero-order valence-electron chi connectivity index (χ0n) is 13.2. The van der Waals surface area contributed by atoms with E-state index in [1.54, 1.807) is 4.90 Å². The summed E-state index contributed by atoms with van der Waals surface area (Å²) in [6.07, 6.45) is 7.85. The average molecular weight is 295 g/mol. The second-order valence-electron chi connectivity index (χ2n) is 6.38. The maximum Gasteiger partial charge on any atom is 0.311 e. The van der Waals surface area contributed by atoms with Crippen molar-refractivity contribution in [3.8, 4) is 0 Å². The number of carbonyl (C=O) groups excluding carboxylic acids is 2. The van der Waals surface area contributed by atoms with Crippen molar-refractivity contribution in [2.24, 2.45) is 5.92 Å². The van der Waals surface area contributed by atoms with Gasteiger partial charge in [-0.1, -0.05) is 19.8 Å². The second-order valence-corrected chi connectivity index (χ2v) is 6.38. The Morgan fingerprint density at radius 2 is 1.90 bits per heavy atom. The van der Waals surface area contributed by atoms with Crippen molar-refractivity contribution in [3.05, 3.63) is 0 Å². The van der Waals surface area contributed by atoms with Crippen molar-refractivity contribution in [1.82, 2.24) is 15.5 Å². The highest BCUT2D eigenvalue weighted by atomic mass is 16.2. The van der Waals surface area contributed by atoms with E-state index < -0.39 is 5.91 Å². The fourth-order valence-electron chi connectivity index (χ4n) is 3.44. The Bertz CT molecular complexity index is 343. The molecule has 5 heteroatoms. The lowest BCUT2D eigenvalue weighted by molar-refractivity contribution is -0.146. The van der Waals surface area contributed by atoms with Crippen LogP contribution in [0.1, 0.15) is 51.9 Å². The lowest BCUT2D eigenvalue weighted by Crippen LogP contribution is -2.48. The molecule has 2 fully saturated rings. The zero-order valence-corrected chi connectivity index (χ0v) is 13.2. The summed E-state index contributed by atoms with van der Waals surface area (Å²) in [6.45, 7) is 5.24. The summed E-state index contributed by atoms with van der Waals surface area (Å²) in [5.41, 5.74) is 0. The Labute approximate surface area is 127 Å². The number of hydrogen-bond donors (Lipinski definition) is 2. The molecule has 2 aliphatic rings. The first kappa shape index (κ1) is 16.3. The highest BCUT2D eigenvalue weighted by Gasteiger charge is 2.27. The van der Waals surface area contributed by atoms with Crippen molar-refractivity contribution in [2.75, 3.05) is 26.2 Å². The van der Waals surface area contributed by atoms with E-state index in [0.717, 1.165) is 38.3 Å². The Hall–Kier alpha value is -1.10. The van der Waals surface area contributed by atoms with Gasteiger partial charge in [-0.15, -0.1) is 0 Å². The van der Waals surface area contributed by atoms with Crippen LogP contribution in [-0.4, -0.2) is 48.9 Å². The van der Waals surface area contributed by atoms with Crippen LogP contribution >= 0.6 is 0 Å². The number of amides is 2. The number of nitrogens with one attached hydrogen (secondary N) is 2. The molecule has 0 bridgehead atoms. The van der Waals surface area contributed by atoms with E-state index in [-0.39, 0.29) is 11.9 Å². The minimum Gasteiger partial charge on any atom is -0.345 e. The molecule has 21 heavy (non-hydrogen) atoms. The molecule has 0 unspecified atom stereocenters. The average Bonchev–Trinajstić information content (AvgIpc) is 2.78. The van der Waals surface area contributed by atoms with Crippen LogP contribution in [0.4, 0.5) is 0 Å². The third kappa shape index (κ3) is 4.99. The monoisotopic (exact) mass is 295 g/mol. The van der Waals surface area contributed by atoms with Gasteiger partial charge in [0.05, 0.1) is 0 Å². The molecular weight excluding hydrogens is 266 g/mol. The van der Waals surface area contributed by atoms with Gasteiger partial charge < -0.3 is 15.5 Å². The van der Waals surface area contributed by atoms with E-state index in [1.165, 1.54) is 25.7 Å². The number of hydrogen-bond acceptors (Lipinski definition) is 3. The number of carbonyl (C=O) groups is 2. The van der Waals surface area contributed by atoms with Gasteiger partial charge in [-0.25, -0.2) is 0 Å². The highest BCUT2D eigenvalue weighted by molar-refractivity contribution is 6.35. The van der Waals surface area contributed by atoms with Crippen molar-refractivity contribution in [2.45, 2.75) is 57.9 Å². The standard InChI is InChI=1S/C16H29N3O2/c1-2-4-13-5-7-14(8-6-13)18-15(20)16(21)19-11-3-9-17-10-12-19/h13-14,17H,2-12H2,1H3,(H,18,20). The van der Waals surface area contributed by atoms with E-state index in [1.807, 2.05) is 0 Å². The summed E-state index contributed by atoms with van der Waals surface area (Å²) in [5, 5.41) is 6.19. The molecule has 2 N–H and O–H groups in total. The molecule has 2 rings (SSSR count). The van der Waals surface area contributed by atoms with E-state index in [9.17, 15) is 9.59 Å². The van der Waals surface area contributed by atoms with Crippen LogP contribution in [0, 0.1) is 5.92 Å². The molecule has 1 aliphatic heterocycles. The smallest absolute Gasteiger partial charge is 0.311 e. The predicted molar refractivity (Wildman–Crippen MR) is 82.9 cm³/mol. The number of rotatable bonds is 3. The summed E-state index contributed by atoms with van der Waals surface area (Å²) in [4.78, 5) is 26.0. The molecule has 1 saturated heterocycles. The Morgan fingerprint density at radius 1 is 1.14 bits per heavy atom. The molecule has 5 nitrogen and oxygen atoms in total. The van der Waals surface area contributed by atoms with E-state index >= 15 is 0 Å². The molecule has 120 valence electrons. The van der Waals surface area contributed by atoms with Crippen LogP contribution < -0.4 is 10.6 Å². The fourth-order valence-corrected chi connectivity index (χ4v) is 3.44. The van der Waals surface area contributed by atoms with Gasteiger partial charge in [0.15, 0.2) is 0 Å². The van der Waals surface area contributed by atoms with Crippen molar-refractivity contribution in [3.63, 3.8) is 0 Å². The van der Waals surface area contributed by atoms with Crippen LogP contribution in [0.3, 0.4) is 0 Å². The van der Waals surface area contributed by atoms with Gasteiger partial charge in [-0.2, -0.15) is 0 Å². The molecule has 1 heterocycles. The molecule has 0 aromatic carbocycles. The molecule has 0 spiro atoms. The first-order valence-corrected chi connectivity index (χ1v) is 8.51. The van der Waals surface area contributed by atoms with Gasteiger partial charge >= 0.3 is 11.8 Å². The minimum absolute atomic E-state index is 0.194. The molecule has 2 amide bonds. The lowest BCUT2D eigenvalue weighted by atomic mass is 9.83. The maximum absolute atomic E-state index is 12.2. The largest absolute Gasteiger partial charge is 0.345 e. The van der Waals surface area contributed by atoms with Crippen LogP contribution in [0.2, 0.25) is 0 Å². The Kier molecular flexibility index (Phi) is 6.49. The Balaban J connectivity index is 1.74. The SMILES string of the molecule is CCCC1CCC(NC(=O)C(=O)N2CCCNCC2)CC1. The van der Waals surface area contributed by atoms with Gasteiger partial charge in [-0.05, 0) is 44.6 Å². The second kappa shape index (κ2) is 8.37. The first-order valence-electron chi connectivity index (χ1n) is 8.51. The molecule has 0 radical (unpaired) electrons. The maximum atomic E-state index is 12.2. The van der Waals surface area contributed by atoms with E-state index in [0.29, 0.717) is 13.1 Å². The van der Waals surface area contributed by atoms with Gasteiger partial charge in [-0.3, -0.25) is 9.59 Å². The van der Waals surface area contributed by atoms with Crippen molar-refractivity contribution >= 4 is 11.8 Å². The number of nitrogens with zero attached hydrogens (tertiary/aromatic N) is 1.